The van der Waals surface area contributed by atoms with Crippen molar-refractivity contribution in [3.05, 3.63) is 40.5 Å². The molecule has 0 aromatic carbocycles. The van der Waals surface area contributed by atoms with Crippen LogP contribution in [0.25, 0.3) is 0 Å². The Kier molecular flexibility index (Phi) is 2.62. The fraction of sp³-hybridized carbons (Fsp3) is 1.00. The monoisotopic (exact) mass is 292 g/mol. The molecule has 20 heavy (non-hydrogen) atoms. The molecule has 2 heterocycles. The van der Waals surface area contributed by atoms with Gasteiger partial charge in [-0.25, -0.2) is 20.2 Å². The molecule has 2 fully saturated rings. The summed E-state index contributed by atoms with van der Waals surface area (Å²) >= 11 is 0. The molecule has 0 amide bonds. The number of rotatable bonds is 4. The lowest BCUT2D eigenvalue weighted by Gasteiger charge is -2.19. The second-order valence-electron chi connectivity index (χ2n) is 4.70. The van der Waals surface area contributed by atoms with Crippen molar-refractivity contribution in [3.8, 4) is 0 Å². The number of hydrazine groups is 2. The van der Waals surface area contributed by atoms with E-state index in [1.807, 2.05) is 0 Å². The van der Waals surface area contributed by atoms with E-state index in [9.17, 15) is 40.5 Å². The molecule has 14 heteroatoms. The van der Waals surface area contributed by atoms with E-state index >= 15 is 0 Å². The van der Waals surface area contributed by atoms with Gasteiger partial charge in [0.2, 0.25) is 0 Å². The van der Waals surface area contributed by atoms with Crippen molar-refractivity contribution in [1.82, 2.24) is 10.0 Å². The standard InChI is InChI=1S/C6H8N6O8/c13-9(14)5-1-7(11(17)18)3-6(5,10(15)16)4-8(2-5)12(19)20/h1-4H2. The summed E-state index contributed by atoms with van der Waals surface area (Å²) in [5, 5.41) is 42.7. The molecule has 2 aliphatic rings. The molecule has 0 N–H and O–H groups in total. The second-order valence-corrected chi connectivity index (χ2v) is 4.70. The van der Waals surface area contributed by atoms with Crippen LogP contribution in [0.15, 0.2) is 0 Å². The van der Waals surface area contributed by atoms with E-state index in [0.717, 1.165) is 0 Å². The van der Waals surface area contributed by atoms with Crippen LogP contribution >= 0.6 is 0 Å². The number of hydrogen-bond donors (Lipinski definition) is 0. The molecule has 0 radical (unpaired) electrons. The highest BCUT2D eigenvalue weighted by Gasteiger charge is 2.85. The molecule has 110 valence electrons. The molecular weight excluding hydrogens is 284 g/mol. The zero-order valence-electron chi connectivity index (χ0n) is 9.78. The van der Waals surface area contributed by atoms with Crippen LogP contribution < -0.4 is 0 Å². The maximum absolute atomic E-state index is 11.3. The SMILES string of the molecule is O=[N+]([O-])N1CC2([N+](=O)[O-])CN([N+](=O)[O-])CC2([N+](=O)[O-])C1. The van der Waals surface area contributed by atoms with Crippen molar-refractivity contribution in [2.75, 3.05) is 26.2 Å². The summed E-state index contributed by atoms with van der Waals surface area (Å²) < 4.78 is 0. The molecule has 2 aliphatic heterocycles. The highest BCUT2D eigenvalue weighted by atomic mass is 16.7. The molecule has 0 spiro atoms. The van der Waals surface area contributed by atoms with Crippen LogP contribution in [0, 0.1) is 40.5 Å². The molecule has 0 atom stereocenters. The van der Waals surface area contributed by atoms with Crippen LogP contribution in [-0.4, -0.2) is 67.2 Å². The zero-order chi connectivity index (χ0) is 15.3. The van der Waals surface area contributed by atoms with Crippen LogP contribution in [0.3, 0.4) is 0 Å². The van der Waals surface area contributed by atoms with Gasteiger partial charge in [0.1, 0.15) is 0 Å². The van der Waals surface area contributed by atoms with E-state index in [0.29, 0.717) is 10.0 Å². The molecule has 0 aromatic rings. The fourth-order valence-corrected chi connectivity index (χ4v) is 2.81. The molecule has 0 aliphatic carbocycles. The first-order chi connectivity index (χ1) is 9.16. The summed E-state index contributed by atoms with van der Waals surface area (Å²) in [5.74, 6) is 0. The van der Waals surface area contributed by atoms with E-state index < -0.39 is 57.2 Å². The van der Waals surface area contributed by atoms with Gasteiger partial charge >= 0.3 is 11.1 Å². The summed E-state index contributed by atoms with van der Waals surface area (Å²) in [7, 11) is 0. The van der Waals surface area contributed by atoms with Crippen LogP contribution in [0.4, 0.5) is 0 Å². The summed E-state index contributed by atoms with van der Waals surface area (Å²) in [5.41, 5.74) is -4.76. The van der Waals surface area contributed by atoms with Crippen molar-refractivity contribution in [2.45, 2.75) is 11.1 Å². The van der Waals surface area contributed by atoms with Gasteiger partial charge in [0.25, 0.3) is 0 Å². The largest absolute Gasteiger partial charge is 0.339 e. The quantitative estimate of drug-likeness (QED) is 0.416. The third-order valence-corrected chi connectivity index (χ3v) is 3.80. The van der Waals surface area contributed by atoms with Gasteiger partial charge in [0, 0.05) is 9.85 Å². The van der Waals surface area contributed by atoms with Crippen LogP contribution in [0.2, 0.25) is 0 Å². The molecule has 0 unspecified atom stereocenters. The van der Waals surface area contributed by atoms with Crippen LogP contribution in [0.1, 0.15) is 0 Å². The van der Waals surface area contributed by atoms with Crippen molar-refractivity contribution in [1.29, 1.82) is 0 Å². The highest BCUT2D eigenvalue weighted by molar-refractivity contribution is 5.14. The fourth-order valence-electron chi connectivity index (χ4n) is 2.81. The molecule has 2 saturated heterocycles. The summed E-state index contributed by atoms with van der Waals surface area (Å²) in [6.45, 7) is -3.40. The predicted octanol–water partition coefficient (Wildman–Crippen LogP) is -1.97. The van der Waals surface area contributed by atoms with Gasteiger partial charge in [-0.3, -0.25) is 20.2 Å². The Bertz CT molecular complexity index is 462. The van der Waals surface area contributed by atoms with Crippen molar-refractivity contribution < 1.29 is 19.9 Å². The third kappa shape index (κ3) is 1.44. The first-order valence-electron chi connectivity index (χ1n) is 5.24. The molecule has 14 nitrogen and oxygen atoms in total. The minimum Gasteiger partial charge on any atom is -0.264 e. The molecule has 0 saturated carbocycles. The van der Waals surface area contributed by atoms with Crippen molar-refractivity contribution >= 4 is 0 Å². The van der Waals surface area contributed by atoms with Crippen molar-refractivity contribution in [3.63, 3.8) is 0 Å². The van der Waals surface area contributed by atoms with Crippen LogP contribution in [0.5, 0.6) is 0 Å². The molecular formula is C6H8N6O8. The van der Waals surface area contributed by atoms with Gasteiger partial charge in [0.15, 0.2) is 36.2 Å². The van der Waals surface area contributed by atoms with Gasteiger partial charge in [0.05, 0.1) is 0 Å². The predicted molar refractivity (Wildman–Crippen MR) is 56.6 cm³/mol. The summed E-state index contributed by atoms with van der Waals surface area (Å²) in [4.78, 5) is 41.9. The summed E-state index contributed by atoms with van der Waals surface area (Å²) in [6, 6.07) is 0. The first-order valence-corrected chi connectivity index (χ1v) is 5.24. The van der Waals surface area contributed by atoms with E-state index in [-0.39, 0.29) is 0 Å². The van der Waals surface area contributed by atoms with Gasteiger partial charge in [-0.2, -0.15) is 0 Å². The Labute approximate surface area is 109 Å². The van der Waals surface area contributed by atoms with Gasteiger partial charge in [-0.05, 0) is 0 Å². The van der Waals surface area contributed by atoms with Gasteiger partial charge in [-0.1, -0.05) is 0 Å². The van der Waals surface area contributed by atoms with Gasteiger partial charge in [-0.15, -0.1) is 10.0 Å². The van der Waals surface area contributed by atoms with Crippen LogP contribution in [-0.2, 0) is 0 Å². The number of hydrogen-bond acceptors (Lipinski definition) is 8. The molecule has 0 bridgehead atoms. The van der Waals surface area contributed by atoms with E-state index in [4.69, 9.17) is 0 Å². The Balaban J connectivity index is 2.53. The average Bonchev–Trinajstić information content (AvgIpc) is 2.79. The number of nitro groups is 4. The number of fused-ring (bicyclic) bond motifs is 1. The maximum atomic E-state index is 11.3. The Morgan fingerprint density at radius 3 is 1.05 bits per heavy atom. The van der Waals surface area contributed by atoms with E-state index in [1.165, 1.54) is 0 Å². The molecule has 0 aromatic heterocycles. The number of nitrogens with zero attached hydrogens (tertiary/aromatic N) is 6. The maximum Gasteiger partial charge on any atom is 0.339 e. The van der Waals surface area contributed by atoms with E-state index in [2.05, 4.69) is 0 Å². The van der Waals surface area contributed by atoms with E-state index in [1.54, 1.807) is 0 Å². The second kappa shape index (κ2) is 3.84. The normalized spacial score (nSPS) is 32.0. The minimum atomic E-state index is -2.38. The third-order valence-electron chi connectivity index (χ3n) is 3.80. The average molecular weight is 292 g/mol. The Morgan fingerprint density at radius 2 is 0.900 bits per heavy atom. The minimum absolute atomic E-state index is 0.364. The Hall–Kier alpha value is -2.80. The lowest BCUT2D eigenvalue weighted by Crippen LogP contribution is -2.62. The smallest absolute Gasteiger partial charge is 0.264 e. The lowest BCUT2D eigenvalue weighted by atomic mass is 9.84. The van der Waals surface area contributed by atoms with Gasteiger partial charge < -0.3 is 0 Å². The molecule has 2 rings (SSSR count). The first kappa shape index (κ1) is 13.6. The zero-order valence-corrected chi connectivity index (χ0v) is 9.78. The highest BCUT2D eigenvalue weighted by Crippen LogP contribution is 2.43. The topological polar surface area (TPSA) is 179 Å². The lowest BCUT2D eigenvalue weighted by molar-refractivity contribution is -0.676. The summed E-state index contributed by atoms with van der Waals surface area (Å²) in [6.07, 6.45) is 0. The Morgan fingerprint density at radius 1 is 0.650 bits per heavy atom. The van der Waals surface area contributed by atoms with Crippen molar-refractivity contribution in [2.24, 2.45) is 0 Å².